The van der Waals surface area contributed by atoms with Gasteiger partial charge >= 0.3 is 0 Å². The van der Waals surface area contributed by atoms with Crippen molar-refractivity contribution < 1.29 is 4.79 Å². The normalized spacial score (nSPS) is 34.8. The largest absolute Gasteiger partial charge is 0.341 e. The molecule has 2 aliphatic rings. The highest BCUT2D eigenvalue weighted by atomic mass is 16.2. The summed E-state index contributed by atoms with van der Waals surface area (Å²) < 4.78 is 0. The molecule has 1 saturated heterocycles. The van der Waals surface area contributed by atoms with Crippen LogP contribution >= 0.6 is 0 Å². The molecule has 0 spiro atoms. The molecule has 1 saturated carbocycles. The average Bonchev–Trinajstić information content (AvgIpc) is 2.82. The fourth-order valence-corrected chi connectivity index (χ4v) is 3.87. The minimum atomic E-state index is 0.373. The molecule has 1 heterocycles. The van der Waals surface area contributed by atoms with Gasteiger partial charge in [0.1, 0.15) is 0 Å². The van der Waals surface area contributed by atoms with Crippen molar-refractivity contribution in [3.63, 3.8) is 0 Å². The van der Waals surface area contributed by atoms with Crippen molar-refractivity contribution in [2.24, 2.45) is 23.5 Å². The van der Waals surface area contributed by atoms with Crippen molar-refractivity contribution >= 4 is 5.91 Å². The van der Waals surface area contributed by atoms with E-state index in [1.54, 1.807) is 0 Å². The van der Waals surface area contributed by atoms with Crippen molar-refractivity contribution in [3.05, 3.63) is 0 Å². The minimum Gasteiger partial charge on any atom is -0.341 e. The fourth-order valence-electron chi connectivity index (χ4n) is 3.87. The van der Waals surface area contributed by atoms with E-state index in [4.69, 9.17) is 5.73 Å². The molecule has 0 radical (unpaired) electrons. The van der Waals surface area contributed by atoms with Crippen LogP contribution in [0.1, 0.15) is 39.0 Å². The lowest BCUT2D eigenvalue weighted by atomic mass is 9.80. The van der Waals surface area contributed by atoms with Crippen LogP contribution in [0.3, 0.4) is 0 Å². The summed E-state index contributed by atoms with van der Waals surface area (Å²) in [5.41, 5.74) is 5.73. The summed E-state index contributed by atoms with van der Waals surface area (Å²) in [6.45, 7) is 4.91. The van der Waals surface area contributed by atoms with Gasteiger partial charge in [0.05, 0.1) is 0 Å². The van der Waals surface area contributed by atoms with E-state index >= 15 is 0 Å². The second kappa shape index (κ2) is 6.90. The first-order valence-electron chi connectivity index (χ1n) is 8.15. The van der Waals surface area contributed by atoms with E-state index in [1.807, 2.05) is 0 Å². The molecule has 2 fully saturated rings. The molecule has 4 heteroatoms. The second-order valence-corrected chi connectivity index (χ2v) is 7.13. The van der Waals surface area contributed by atoms with Crippen LogP contribution in [0, 0.1) is 17.8 Å². The topological polar surface area (TPSA) is 49.6 Å². The van der Waals surface area contributed by atoms with Crippen LogP contribution in [0.4, 0.5) is 0 Å². The molecule has 116 valence electrons. The zero-order valence-electron chi connectivity index (χ0n) is 13.3. The van der Waals surface area contributed by atoms with Crippen LogP contribution < -0.4 is 5.73 Å². The van der Waals surface area contributed by atoms with Gasteiger partial charge in [0.25, 0.3) is 0 Å². The van der Waals surface area contributed by atoms with Crippen molar-refractivity contribution in [1.29, 1.82) is 0 Å². The number of carbonyl (C=O) groups is 1. The Balaban J connectivity index is 1.78. The van der Waals surface area contributed by atoms with Gasteiger partial charge in [-0.05, 0) is 64.1 Å². The Labute approximate surface area is 123 Å². The molecule has 20 heavy (non-hydrogen) atoms. The quantitative estimate of drug-likeness (QED) is 0.850. The predicted molar refractivity (Wildman–Crippen MR) is 82.3 cm³/mol. The predicted octanol–water partition coefficient (Wildman–Crippen LogP) is 1.55. The summed E-state index contributed by atoms with van der Waals surface area (Å²) in [4.78, 5) is 16.8. The lowest BCUT2D eigenvalue weighted by Gasteiger charge is -2.28. The summed E-state index contributed by atoms with van der Waals surface area (Å²) in [6, 6.07) is 0.520. The standard InChI is InChI=1S/C16H31N3O/c1-12-10-19(11-15(12)18(2)3)16(20)8-13-4-6-14(9-17)7-5-13/h12-15H,4-11,17H2,1-3H3. The molecule has 0 aromatic rings. The molecule has 0 bridgehead atoms. The Bertz CT molecular complexity index is 324. The van der Waals surface area contributed by atoms with Gasteiger partial charge in [0.2, 0.25) is 5.91 Å². The van der Waals surface area contributed by atoms with Gasteiger partial charge in [-0.2, -0.15) is 0 Å². The Morgan fingerprint density at radius 3 is 2.25 bits per heavy atom. The molecule has 2 unspecified atom stereocenters. The summed E-state index contributed by atoms with van der Waals surface area (Å²) in [5.74, 6) is 2.25. The molecule has 2 rings (SSSR count). The van der Waals surface area contributed by atoms with Gasteiger partial charge in [-0.1, -0.05) is 6.92 Å². The number of carbonyl (C=O) groups excluding carboxylic acids is 1. The van der Waals surface area contributed by atoms with E-state index in [0.717, 1.165) is 26.1 Å². The molecule has 0 aromatic heterocycles. The maximum absolute atomic E-state index is 12.5. The maximum Gasteiger partial charge on any atom is 0.222 e. The second-order valence-electron chi connectivity index (χ2n) is 7.13. The van der Waals surface area contributed by atoms with Crippen LogP contribution in [0.25, 0.3) is 0 Å². The van der Waals surface area contributed by atoms with Gasteiger partial charge in [-0.15, -0.1) is 0 Å². The van der Waals surface area contributed by atoms with Gasteiger partial charge in [-0.25, -0.2) is 0 Å². The van der Waals surface area contributed by atoms with E-state index in [0.29, 0.717) is 29.7 Å². The van der Waals surface area contributed by atoms with Gasteiger partial charge in [-0.3, -0.25) is 4.79 Å². The average molecular weight is 281 g/mol. The van der Waals surface area contributed by atoms with Crippen LogP contribution in [-0.4, -0.2) is 55.5 Å². The Hall–Kier alpha value is -0.610. The van der Waals surface area contributed by atoms with Crippen LogP contribution in [-0.2, 0) is 4.79 Å². The third-order valence-electron chi connectivity index (χ3n) is 5.35. The molecule has 2 N–H and O–H groups in total. The molecule has 0 aromatic carbocycles. The smallest absolute Gasteiger partial charge is 0.222 e. The Morgan fingerprint density at radius 2 is 1.75 bits per heavy atom. The van der Waals surface area contributed by atoms with Crippen molar-refractivity contribution in [2.45, 2.75) is 45.1 Å². The monoisotopic (exact) mass is 281 g/mol. The highest BCUT2D eigenvalue weighted by molar-refractivity contribution is 5.76. The summed E-state index contributed by atoms with van der Waals surface area (Å²) >= 11 is 0. The zero-order chi connectivity index (χ0) is 14.7. The lowest BCUT2D eigenvalue weighted by molar-refractivity contribution is -0.131. The summed E-state index contributed by atoms with van der Waals surface area (Å²) in [6.07, 6.45) is 5.56. The van der Waals surface area contributed by atoms with E-state index in [-0.39, 0.29) is 0 Å². The molecule has 1 aliphatic heterocycles. The number of nitrogens with two attached hydrogens (primary N) is 1. The SMILES string of the molecule is CC1CN(C(=O)CC2CCC(CN)CC2)CC1N(C)C. The number of rotatable bonds is 4. The van der Waals surface area contributed by atoms with E-state index in [1.165, 1.54) is 25.7 Å². The van der Waals surface area contributed by atoms with E-state index < -0.39 is 0 Å². The van der Waals surface area contributed by atoms with Crippen LogP contribution in [0.2, 0.25) is 0 Å². The Morgan fingerprint density at radius 1 is 1.15 bits per heavy atom. The molecular weight excluding hydrogens is 250 g/mol. The summed E-state index contributed by atoms with van der Waals surface area (Å²) in [7, 11) is 4.23. The molecule has 4 nitrogen and oxygen atoms in total. The number of amides is 1. The first kappa shape index (κ1) is 15.8. The third kappa shape index (κ3) is 3.73. The van der Waals surface area contributed by atoms with Crippen LogP contribution in [0.5, 0.6) is 0 Å². The Kier molecular flexibility index (Phi) is 5.44. The lowest BCUT2D eigenvalue weighted by Crippen LogP contribution is -2.36. The minimum absolute atomic E-state index is 0.373. The van der Waals surface area contributed by atoms with E-state index in [9.17, 15) is 4.79 Å². The molecular formula is C16H31N3O. The number of nitrogens with zero attached hydrogens (tertiary/aromatic N) is 2. The summed E-state index contributed by atoms with van der Waals surface area (Å²) in [5, 5.41) is 0. The number of likely N-dealkylation sites (tertiary alicyclic amines) is 1. The van der Waals surface area contributed by atoms with Crippen molar-refractivity contribution in [2.75, 3.05) is 33.7 Å². The molecule has 1 aliphatic carbocycles. The molecule has 1 amide bonds. The first-order chi connectivity index (χ1) is 9.51. The highest BCUT2D eigenvalue weighted by Gasteiger charge is 2.34. The highest BCUT2D eigenvalue weighted by Crippen LogP contribution is 2.31. The van der Waals surface area contributed by atoms with Crippen LogP contribution in [0.15, 0.2) is 0 Å². The maximum atomic E-state index is 12.5. The third-order valence-corrected chi connectivity index (χ3v) is 5.35. The van der Waals surface area contributed by atoms with Gasteiger partial charge < -0.3 is 15.5 Å². The number of likely N-dealkylation sites (N-methyl/N-ethyl adjacent to an activating group) is 1. The first-order valence-corrected chi connectivity index (χ1v) is 8.15. The number of hydrogen-bond acceptors (Lipinski definition) is 3. The molecule has 2 atom stereocenters. The zero-order valence-corrected chi connectivity index (χ0v) is 13.3. The number of hydrogen-bond donors (Lipinski definition) is 1. The fraction of sp³-hybridized carbons (Fsp3) is 0.938. The van der Waals surface area contributed by atoms with Crippen molar-refractivity contribution in [1.82, 2.24) is 9.80 Å². The van der Waals surface area contributed by atoms with Gasteiger partial charge in [0, 0.05) is 25.6 Å². The van der Waals surface area contributed by atoms with Gasteiger partial charge in [0.15, 0.2) is 0 Å². The van der Waals surface area contributed by atoms with E-state index in [2.05, 4.69) is 30.8 Å². The van der Waals surface area contributed by atoms with Crippen molar-refractivity contribution in [3.8, 4) is 0 Å².